The normalized spacial score (nSPS) is 11.2. The molecular weight excluding hydrogens is 550 g/mol. The largest absolute Gasteiger partial charge is 0.383 e. The molecule has 4 N–H and O–H groups in total. The van der Waals surface area contributed by atoms with Crippen LogP contribution in [0.3, 0.4) is 0 Å². The number of anilines is 5. The van der Waals surface area contributed by atoms with Gasteiger partial charge in [0.25, 0.3) is 0 Å². The van der Waals surface area contributed by atoms with Crippen LogP contribution in [0.4, 0.5) is 29.0 Å². The van der Waals surface area contributed by atoms with Crippen LogP contribution in [0.5, 0.6) is 0 Å². The molecule has 4 rings (SSSR count). The molecule has 0 saturated heterocycles. The first-order valence-electron chi connectivity index (χ1n) is 17.5. The molecule has 5 nitrogen and oxygen atoms in total. The van der Waals surface area contributed by atoms with Crippen molar-refractivity contribution in [3.63, 3.8) is 0 Å². The van der Waals surface area contributed by atoms with Crippen LogP contribution in [0.2, 0.25) is 0 Å². The highest BCUT2D eigenvalue weighted by Crippen LogP contribution is 2.37. The van der Waals surface area contributed by atoms with Gasteiger partial charge in [-0.05, 0) is 85.0 Å². The summed E-state index contributed by atoms with van der Waals surface area (Å²) in [6, 6.07) is 26.1. The lowest BCUT2D eigenvalue weighted by Gasteiger charge is -2.25. The summed E-state index contributed by atoms with van der Waals surface area (Å²) in [6.45, 7) is 6.75. The number of nitrogens with zero attached hydrogens (tertiary/aromatic N) is 3. The van der Waals surface area contributed by atoms with E-state index >= 15 is 0 Å². The zero-order valence-electron chi connectivity index (χ0n) is 28.0. The summed E-state index contributed by atoms with van der Waals surface area (Å²) in [5.41, 5.74) is 20.9. The van der Waals surface area contributed by atoms with Gasteiger partial charge in [-0.2, -0.15) is 9.97 Å². The molecule has 0 aliphatic rings. The summed E-state index contributed by atoms with van der Waals surface area (Å²) in [5.74, 6) is 1.25. The molecule has 0 aliphatic heterocycles. The van der Waals surface area contributed by atoms with Gasteiger partial charge in [-0.3, -0.25) is 4.90 Å². The van der Waals surface area contributed by atoms with E-state index in [1.807, 2.05) is 0 Å². The number of aromatic nitrogens is 2. The molecule has 0 saturated carbocycles. The van der Waals surface area contributed by atoms with Crippen LogP contribution < -0.4 is 16.4 Å². The number of hydrogen-bond acceptors (Lipinski definition) is 5. The number of nitrogen functional groups attached to an aromatic ring is 2. The quantitative estimate of drug-likeness (QED) is 0.104. The second-order valence-electron chi connectivity index (χ2n) is 12.5. The summed E-state index contributed by atoms with van der Waals surface area (Å²) < 4.78 is 0. The Morgan fingerprint density at radius 2 is 0.822 bits per heavy atom. The zero-order valence-corrected chi connectivity index (χ0v) is 28.0. The van der Waals surface area contributed by atoms with E-state index in [-0.39, 0.29) is 0 Å². The molecule has 4 aromatic rings. The van der Waals surface area contributed by atoms with Crippen LogP contribution in [0.25, 0.3) is 11.1 Å². The molecule has 0 unspecified atom stereocenters. The fourth-order valence-corrected chi connectivity index (χ4v) is 5.99. The van der Waals surface area contributed by atoms with Gasteiger partial charge in [0.2, 0.25) is 5.95 Å². The maximum atomic E-state index is 6.65. The highest BCUT2D eigenvalue weighted by molar-refractivity contribution is 5.85. The maximum absolute atomic E-state index is 6.65. The Labute approximate surface area is 272 Å². The lowest BCUT2D eigenvalue weighted by Crippen LogP contribution is -2.16. The van der Waals surface area contributed by atoms with E-state index in [0.717, 1.165) is 36.2 Å². The SMILES string of the molecule is CCCCCCc1ccc(-c2c(N)nc(N(c3ccc(CCCCCC)cc3)c3ccc(CCCCCC)cc3)nc2N)cc1. The summed E-state index contributed by atoms with van der Waals surface area (Å²) in [7, 11) is 0. The van der Waals surface area contributed by atoms with Crippen LogP contribution in [0.15, 0.2) is 72.8 Å². The van der Waals surface area contributed by atoms with E-state index < -0.39 is 0 Å². The molecule has 45 heavy (non-hydrogen) atoms. The molecule has 0 amide bonds. The van der Waals surface area contributed by atoms with Crippen LogP contribution in [-0.4, -0.2) is 9.97 Å². The van der Waals surface area contributed by atoms with Gasteiger partial charge < -0.3 is 11.5 Å². The molecule has 0 bridgehead atoms. The lowest BCUT2D eigenvalue weighted by molar-refractivity contribution is 0.667. The fraction of sp³-hybridized carbons (Fsp3) is 0.450. The topological polar surface area (TPSA) is 81.1 Å². The van der Waals surface area contributed by atoms with Crippen molar-refractivity contribution >= 4 is 29.0 Å². The standard InChI is InChI=1S/C40H55N5/c1-4-7-10-13-16-31-19-25-34(26-20-31)37-38(41)43-40(44-39(37)42)45(35-27-21-32(22-28-35)17-14-11-8-5-2)36-29-23-33(24-30-36)18-15-12-9-6-3/h19-30H,4-18H2,1-3H3,(H4,41,42,43,44). The van der Waals surface area contributed by atoms with Gasteiger partial charge in [0, 0.05) is 11.4 Å². The predicted octanol–water partition coefficient (Wildman–Crippen LogP) is 11.1. The Bertz CT molecular complexity index is 1330. The van der Waals surface area contributed by atoms with E-state index in [4.69, 9.17) is 21.4 Å². The number of aryl methyl sites for hydroxylation is 3. The molecule has 0 spiro atoms. The van der Waals surface area contributed by atoms with Crippen molar-refractivity contribution in [3.05, 3.63) is 89.5 Å². The van der Waals surface area contributed by atoms with Crippen molar-refractivity contribution in [2.75, 3.05) is 16.4 Å². The first-order valence-corrected chi connectivity index (χ1v) is 17.5. The average Bonchev–Trinajstić information content (AvgIpc) is 3.05. The molecule has 0 fully saturated rings. The second-order valence-corrected chi connectivity index (χ2v) is 12.5. The molecule has 3 aromatic carbocycles. The van der Waals surface area contributed by atoms with Gasteiger partial charge in [-0.25, -0.2) is 0 Å². The predicted molar refractivity (Wildman–Crippen MR) is 195 cm³/mol. The molecular formula is C40H55N5. The van der Waals surface area contributed by atoms with Crippen molar-refractivity contribution in [1.82, 2.24) is 9.97 Å². The van der Waals surface area contributed by atoms with Crippen molar-refractivity contribution in [2.45, 2.75) is 117 Å². The van der Waals surface area contributed by atoms with E-state index in [2.05, 4.69) is 98.5 Å². The first kappa shape index (κ1) is 34.0. The van der Waals surface area contributed by atoms with Gasteiger partial charge in [-0.15, -0.1) is 0 Å². The number of rotatable bonds is 19. The van der Waals surface area contributed by atoms with Crippen LogP contribution in [0, 0.1) is 0 Å². The van der Waals surface area contributed by atoms with Gasteiger partial charge >= 0.3 is 0 Å². The summed E-state index contributed by atoms with van der Waals surface area (Å²) in [6.07, 6.45) is 18.4. The van der Waals surface area contributed by atoms with E-state index in [0.29, 0.717) is 23.1 Å². The first-order chi connectivity index (χ1) is 22.0. The van der Waals surface area contributed by atoms with Crippen molar-refractivity contribution in [1.29, 1.82) is 0 Å². The average molecular weight is 606 g/mol. The van der Waals surface area contributed by atoms with Gasteiger partial charge in [-0.1, -0.05) is 127 Å². The highest BCUT2D eigenvalue weighted by Gasteiger charge is 2.20. The Morgan fingerprint density at radius 1 is 0.467 bits per heavy atom. The van der Waals surface area contributed by atoms with E-state index in [1.165, 1.54) is 93.7 Å². The molecule has 0 atom stereocenters. The van der Waals surface area contributed by atoms with Gasteiger partial charge in [0.1, 0.15) is 11.6 Å². The Kier molecular flexibility index (Phi) is 13.8. The Balaban J connectivity index is 1.60. The highest BCUT2D eigenvalue weighted by atomic mass is 15.3. The minimum Gasteiger partial charge on any atom is -0.383 e. The Morgan fingerprint density at radius 3 is 1.18 bits per heavy atom. The van der Waals surface area contributed by atoms with Gasteiger partial charge in [0.05, 0.1) is 5.56 Å². The van der Waals surface area contributed by atoms with Crippen molar-refractivity contribution in [2.24, 2.45) is 0 Å². The van der Waals surface area contributed by atoms with E-state index in [9.17, 15) is 0 Å². The third-order valence-electron chi connectivity index (χ3n) is 8.74. The minimum atomic E-state index is 0.387. The summed E-state index contributed by atoms with van der Waals surface area (Å²) in [4.78, 5) is 11.8. The summed E-state index contributed by atoms with van der Waals surface area (Å²) >= 11 is 0. The number of benzene rings is 3. The minimum absolute atomic E-state index is 0.387. The fourth-order valence-electron chi connectivity index (χ4n) is 5.99. The number of nitrogens with two attached hydrogens (primary N) is 2. The van der Waals surface area contributed by atoms with Crippen LogP contribution in [0.1, 0.15) is 115 Å². The van der Waals surface area contributed by atoms with Crippen LogP contribution >= 0.6 is 0 Å². The monoisotopic (exact) mass is 605 g/mol. The van der Waals surface area contributed by atoms with Crippen LogP contribution in [-0.2, 0) is 19.3 Å². The molecule has 1 heterocycles. The van der Waals surface area contributed by atoms with E-state index in [1.54, 1.807) is 0 Å². The molecule has 1 aromatic heterocycles. The molecule has 0 aliphatic carbocycles. The van der Waals surface area contributed by atoms with Crippen molar-refractivity contribution in [3.8, 4) is 11.1 Å². The summed E-state index contributed by atoms with van der Waals surface area (Å²) in [5, 5.41) is 0. The second kappa shape index (κ2) is 18.2. The number of hydrogen-bond donors (Lipinski definition) is 2. The number of unbranched alkanes of at least 4 members (excludes halogenated alkanes) is 9. The smallest absolute Gasteiger partial charge is 0.238 e. The molecule has 0 radical (unpaired) electrons. The Hall–Kier alpha value is -3.86. The zero-order chi connectivity index (χ0) is 31.9. The maximum Gasteiger partial charge on any atom is 0.238 e. The molecule has 5 heteroatoms. The third-order valence-corrected chi connectivity index (χ3v) is 8.74. The third kappa shape index (κ3) is 10.1. The van der Waals surface area contributed by atoms with Crippen molar-refractivity contribution < 1.29 is 0 Å². The molecule has 240 valence electrons. The van der Waals surface area contributed by atoms with Gasteiger partial charge in [0.15, 0.2) is 0 Å². The lowest BCUT2D eigenvalue weighted by atomic mass is 10.0.